The van der Waals surface area contributed by atoms with Crippen molar-refractivity contribution in [3.05, 3.63) is 47.5 Å². The summed E-state index contributed by atoms with van der Waals surface area (Å²) in [5.74, 6) is -0.981. The molecule has 0 spiro atoms. The fourth-order valence-corrected chi connectivity index (χ4v) is 3.41. The molecule has 1 aromatic heterocycles. The Morgan fingerprint density at radius 1 is 1.17 bits per heavy atom. The van der Waals surface area contributed by atoms with Gasteiger partial charge in [0, 0.05) is 26.2 Å². The van der Waals surface area contributed by atoms with E-state index in [1.165, 1.54) is 24.3 Å². The van der Waals surface area contributed by atoms with Crippen molar-refractivity contribution < 1.29 is 23.1 Å². The van der Waals surface area contributed by atoms with Crippen molar-refractivity contribution in [2.24, 2.45) is 0 Å². The third-order valence-electron chi connectivity index (χ3n) is 4.77. The van der Waals surface area contributed by atoms with Gasteiger partial charge in [-0.15, -0.1) is 0 Å². The number of carboxylic acids is 1. The van der Waals surface area contributed by atoms with Crippen LogP contribution in [0.3, 0.4) is 0 Å². The maximum atomic E-state index is 13.2. The SMILES string of the molecule is O=C(O)c1cc2nc(Nc3ccccc3C(F)(F)F)[nH]c2cc1N1CCNCC1. The lowest BCUT2D eigenvalue weighted by atomic mass is 10.1. The highest BCUT2D eigenvalue weighted by Gasteiger charge is 2.33. The number of para-hydroxylation sites is 1. The second-order valence-corrected chi connectivity index (χ2v) is 6.68. The summed E-state index contributed by atoms with van der Waals surface area (Å²) in [6, 6.07) is 8.21. The number of aromatic nitrogens is 2. The molecule has 2 heterocycles. The highest BCUT2D eigenvalue weighted by atomic mass is 19.4. The number of carboxylic acid groups (broad SMARTS) is 1. The molecule has 0 bridgehead atoms. The molecule has 7 nitrogen and oxygen atoms in total. The van der Waals surface area contributed by atoms with E-state index < -0.39 is 17.7 Å². The van der Waals surface area contributed by atoms with Gasteiger partial charge >= 0.3 is 12.1 Å². The maximum Gasteiger partial charge on any atom is 0.418 e. The molecule has 152 valence electrons. The quantitative estimate of drug-likeness (QED) is 0.532. The summed E-state index contributed by atoms with van der Waals surface area (Å²) >= 11 is 0. The third kappa shape index (κ3) is 3.83. The van der Waals surface area contributed by atoms with Crippen molar-refractivity contribution >= 4 is 34.3 Å². The first-order valence-corrected chi connectivity index (χ1v) is 8.99. The number of imidazole rings is 1. The molecule has 0 radical (unpaired) electrons. The fraction of sp³-hybridized carbons (Fsp3) is 0.263. The zero-order chi connectivity index (χ0) is 20.6. The number of nitrogens with zero attached hydrogens (tertiary/aromatic N) is 2. The van der Waals surface area contributed by atoms with Gasteiger partial charge in [0.1, 0.15) is 0 Å². The van der Waals surface area contributed by atoms with E-state index in [9.17, 15) is 23.1 Å². The summed E-state index contributed by atoms with van der Waals surface area (Å²) in [7, 11) is 0. The lowest BCUT2D eigenvalue weighted by Crippen LogP contribution is -2.44. The molecule has 1 fully saturated rings. The number of hydrogen-bond acceptors (Lipinski definition) is 5. The first-order valence-electron chi connectivity index (χ1n) is 8.99. The Morgan fingerprint density at radius 3 is 2.59 bits per heavy atom. The Balaban J connectivity index is 1.72. The molecule has 0 aliphatic carbocycles. The van der Waals surface area contributed by atoms with Crippen LogP contribution >= 0.6 is 0 Å². The predicted octanol–water partition coefficient (Wildman–Crippen LogP) is 3.43. The number of aromatic amines is 1. The number of hydrogen-bond donors (Lipinski definition) is 4. The Kier molecular flexibility index (Phi) is 4.79. The standard InChI is InChI=1S/C19H18F3N5O2/c20-19(21,22)12-3-1-2-4-13(12)24-18-25-14-9-11(17(28)29)16(10-15(14)26-18)27-7-5-23-6-8-27/h1-4,9-10,23H,5-8H2,(H,28,29)(H2,24,25,26). The molecule has 4 N–H and O–H groups in total. The normalized spacial score (nSPS) is 14.9. The first-order chi connectivity index (χ1) is 13.8. The van der Waals surface area contributed by atoms with E-state index in [2.05, 4.69) is 20.6 Å². The van der Waals surface area contributed by atoms with Gasteiger partial charge < -0.3 is 25.6 Å². The average Bonchev–Trinajstić information content (AvgIpc) is 3.08. The highest BCUT2D eigenvalue weighted by molar-refractivity contribution is 6.00. The molecule has 0 unspecified atom stereocenters. The van der Waals surface area contributed by atoms with Crippen LogP contribution in [0, 0.1) is 0 Å². The van der Waals surface area contributed by atoms with E-state index in [-0.39, 0.29) is 17.2 Å². The lowest BCUT2D eigenvalue weighted by molar-refractivity contribution is -0.136. The van der Waals surface area contributed by atoms with E-state index in [0.29, 0.717) is 29.8 Å². The molecule has 10 heteroatoms. The largest absolute Gasteiger partial charge is 0.478 e. The minimum absolute atomic E-state index is 0.102. The number of nitrogens with one attached hydrogen (secondary N) is 3. The minimum atomic E-state index is -4.51. The number of aromatic carboxylic acids is 1. The molecular weight excluding hydrogens is 387 g/mol. The zero-order valence-corrected chi connectivity index (χ0v) is 15.2. The van der Waals surface area contributed by atoms with Crippen LogP contribution in [0.1, 0.15) is 15.9 Å². The van der Waals surface area contributed by atoms with Crippen LogP contribution < -0.4 is 15.5 Å². The molecule has 0 atom stereocenters. The van der Waals surface area contributed by atoms with Gasteiger partial charge in [-0.05, 0) is 24.3 Å². The monoisotopic (exact) mass is 405 g/mol. The van der Waals surface area contributed by atoms with Gasteiger partial charge in [-0.1, -0.05) is 12.1 Å². The minimum Gasteiger partial charge on any atom is -0.478 e. The fourth-order valence-electron chi connectivity index (χ4n) is 3.41. The number of H-pyrrole nitrogens is 1. The number of fused-ring (bicyclic) bond motifs is 1. The summed E-state index contributed by atoms with van der Waals surface area (Å²) in [5.41, 5.74) is 0.599. The summed E-state index contributed by atoms with van der Waals surface area (Å²) in [5, 5.41) is 15.5. The van der Waals surface area contributed by atoms with E-state index >= 15 is 0 Å². The number of rotatable bonds is 4. The van der Waals surface area contributed by atoms with Gasteiger partial charge in [0.25, 0.3) is 0 Å². The summed E-state index contributed by atoms with van der Waals surface area (Å²) in [6.07, 6.45) is -4.51. The Bertz CT molecular complexity index is 1060. The van der Waals surface area contributed by atoms with Gasteiger partial charge in [-0.25, -0.2) is 9.78 Å². The zero-order valence-electron chi connectivity index (χ0n) is 15.2. The van der Waals surface area contributed by atoms with Crippen molar-refractivity contribution in [1.29, 1.82) is 0 Å². The van der Waals surface area contributed by atoms with E-state index in [1.807, 2.05) is 4.90 Å². The number of carbonyl (C=O) groups is 1. The summed E-state index contributed by atoms with van der Waals surface area (Å²) < 4.78 is 39.6. The van der Waals surface area contributed by atoms with E-state index in [1.54, 1.807) is 6.07 Å². The van der Waals surface area contributed by atoms with Crippen LogP contribution in [-0.4, -0.2) is 47.2 Å². The molecule has 1 aliphatic heterocycles. The van der Waals surface area contributed by atoms with Gasteiger partial charge in [-0.3, -0.25) is 0 Å². The van der Waals surface area contributed by atoms with Crippen LogP contribution in [-0.2, 0) is 6.18 Å². The van der Waals surface area contributed by atoms with Crippen LogP contribution in [0.15, 0.2) is 36.4 Å². The molecule has 1 saturated heterocycles. The molecule has 29 heavy (non-hydrogen) atoms. The number of piperazine rings is 1. The topological polar surface area (TPSA) is 93.3 Å². The van der Waals surface area contributed by atoms with Crippen molar-refractivity contribution in [2.45, 2.75) is 6.18 Å². The Morgan fingerprint density at radius 2 is 1.90 bits per heavy atom. The van der Waals surface area contributed by atoms with E-state index in [4.69, 9.17) is 0 Å². The molecule has 1 aliphatic rings. The maximum absolute atomic E-state index is 13.2. The lowest BCUT2D eigenvalue weighted by Gasteiger charge is -2.30. The highest BCUT2D eigenvalue weighted by Crippen LogP contribution is 2.36. The second kappa shape index (κ2) is 7.28. The van der Waals surface area contributed by atoms with Crippen molar-refractivity contribution in [2.75, 3.05) is 36.4 Å². The van der Waals surface area contributed by atoms with Crippen LogP contribution in [0.4, 0.5) is 30.5 Å². The van der Waals surface area contributed by atoms with Crippen LogP contribution in [0.25, 0.3) is 11.0 Å². The summed E-state index contributed by atoms with van der Waals surface area (Å²) in [4.78, 5) is 20.9. The van der Waals surface area contributed by atoms with Crippen molar-refractivity contribution in [3.8, 4) is 0 Å². The van der Waals surface area contributed by atoms with E-state index in [0.717, 1.165) is 19.2 Å². The molecule has 0 saturated carbocycles. The second-order valence-electron chi connectivity index (χ2n) is 6.68. The van der Waals surface area contributed by atoms with Crippen molar-refractivity contribution in [1.82, 2.24) is 15.3 Å². The molecular formula is C19H18F3N5O2. The van der Waals surface area contributed by atoms with Gasteiger partial charge in [0.05, 0.1) is 33.5 Å². The van der Waals surface area contributed by atoms with Crippen molar-refractivity contribution in [3.63, 3.8) is 0 Å². The smallest absolute Gasteiger partial charge is 0.418 e. The Hall–Kier alpha value is -3.27. The predicted molar refractivity (Wildman–Crippen MR) is 103 cm³/mol. The number of anilines is 3. The van der Waals surface area contributed by atoms with Crippen LogP contribution in [0.5, 0.6) is 0 Å². The Labute approximate surface area is 163 Å². The van der Waals surface area contributed by atoms with Crippen LogP contribution in [0.2, 0.25) is 0 Å². The summed E-state index contributed by atoms with van der Waals surface area (Å²) in [6.45, 7) is 2.79. The number of alkyl halides is 3. The average molecular weight is 405 g/mol. The van der Waals surface area contributed by atoms with Gasteiger partial charge in [0.2, 0.25) is 5.95 Å². The molecule has 4 rings (SSSR count). The number of halogens is 3. The molecule has 3 aromatic rings. The third-order valence-corrected chi connectivity index (χ3v) is 4.77. The first kappa shape index (κ1) is 19.1. The van der Waals surface area contributed by atoms with Gasteiger partial charge in [0.15, 0.2) is 0 Å². The molecule has 2 aromatic carbocycles. The van der Waals surface area contributed by atoms with Gasteiger partial charge in [-0.2, -0.15) is 13.2 Å². The number of benzene rings is 2. The molecule has 0 amide bonds.